The molecule has 1 atom stereocenters. The maximum atomic E-state index is 14.0. The van der Waals surface area contributed by atoms with Gasteiger partial charge >= 0.3 is 0 Å². The first-order valence-electron chi connectivity index (χ1n) is 13.3. The summed E-state index contributed by atoms with van der Waals surface area (Å²) in [7, 11) is -2.69. The standard InChI is InChI=1S/C30H33BrClN3O5S/c1-21(30(37)33-25-5-3-4-6-25)34(19-22-7-9-23(31)10-8-22)29(36)20-35(26-13-11-24(32)12-14-26)41(38,39)28-17-15-27(40-2)16-18-28/h7-18,21,25H,3-6,19-20H2,1-2H3,(H,33,37)/t21-/m1/s1. The van der Waals surface area contributed by atoms with Gasteiger partial charge in [-0.05, 0) is 86.0 Å². The number of amides is 2. The van der Waals surface area contributed by atoms with E-state index in [0.29, 0.717) is 10.8 Å². The molecule has 3 aromatic carbocycles. The number of carbonyl (C=O) groups excluding carboxylic acids is 2. The SMILES string of the molecule is COc1ccc(S(=O)(=O)N(CC(=O)N(Cc2ccc(Br)cc2)[C@H](C)C(=O)NC2CCCC2)c2ccc(Cl)cc2)cc1. The minimum absolute atomic E-state index is 0.00691. The molecule has 0 heterocycles. The highest BCUT2D eigenvalue weighted by Gasteiger charge is 2.33. The summed E-state index contributed by atoms with van der Waals surface area (Å²) in [6.07, 6.45) is 3.92. The lowest BCUT2D eigenvalue weighted by Gasteiger charge is -2.32. The number of hydrogen-bond donors (Lipinski definition) is 1. The third-order valence-corrected chi connectivity index (χ3v) is 9.74. The molecule has 0 bridgehead atoms. The number of hydrogen-bond acceptors (Lipinski definition) is 5. The molecule has 0 spiro atoms. The summed E-state index contributed by atoms with van der Waals surface area (Å²) in [5, 5.41) is 3.50. The number of benzene rings is 3. The lowest BCUT2D eigenvalue weighted by Crippen LogP contribution is -2.52. The molecule has 0 aliphatic heterocycles. The van der Waals surface area contributed by atoms with Crippen LogP contribution in [0, 0.1) is 0 Å². The number of nitrogens with zero attached hydrogens (tertiary/aromatic N) is 2. The van der Waals surface area contributed by atoms with E-state index in [1.54, 1.807) is 43.3 Å². The number of methoxy groups -OCH3 is 1. The van der Waals surface area contributed by atoms with Crippen LogP contribution >= 0.6 is 27.5 Å². The van der Waals surface area contributed by atoms with E-state index in [1.165, 1.54) is 24.1 Å². The van der Waals surface area contributed by atoms with Crippen LogP contribution in [-0.2, 0) is 26.2 Å². The Hall–Kier alpha value is -3.08. The van der Waals surface area contributed by atoms with Crippen molar-refractivity contribution in [3.8, 4) is 5.75 Å². The Bertz CT molecular complexity index is 1440. The fraction of sp³-hybridized carbons (Fsp3) is 0.333. The highest BCUT2D eigenvalue weighted by atomic mass is 79.9. The molecule has 8 nitrogen and oxygen atoms in total. The van der Waals surface area contributed by atoms with E-state index in [1.807, 2.05) is 24.3 Å². The molecule has 0 radical (unpaired) electrons. The quantitative estimate of drug-likeness (QED) is 0.281. The van der Waals surface area contributed by atoms with Gasteiger partial charge in [0.1, 0.15) is 18.3 Å². The van der Waals surface area contributed by atoms with Gasteiger partial charge in [0.15, 0.2) is 0 Å². The molecule has 1 aliphatic rings. The molecule has 1 saturated carbocycles. The largest absolute Gasteiger partial charge is 0.497 e. The second-order valence-corrected chi connectivity index (χ2v) is 13.2. The van der Waals surface area contributed by atoms with Crippen LogP contribution in [0.15, 0.2) is 82.2 Å². The average molecular weight is 663 g/mol. The van der Waals surface area contributed by atoms with E-state index in [0.717, 1.165) is 40.0 Å². The van der Waals surface area contributed by atoms with Crippen LogP contribution in [0.5, 0.6) is 5.75 Å². The van der Waals surface area contributed by atoms with E-state index >= 15 is 0 Å². The predicted molar refractivity (Wildman–Crippen MR) is 164 cm³/mol. The van der Waals surface area contributed by atoms with Crippen LogP contribution in [0.25, 0.3) is 0 Å². The maximum Gasteiger partial charge on any atom is 0.264 e. The monoisotopic (exact) mass is 661 g/mol. The van der Waals surface area contributed by atoms with Crippen molar-refractivity contribution in [3.63, 3.8) is 0 Å². The van der Waals surface area contributed by atoms with Crippen LogP contribution in [0.2, 0.25) is 5.02 Å². The van der Waals surface area contributed by atoms with Crippen molar-refractivity contribution in [1.82, 2.24) is 10.2 Å². The Morgan fingerprint density at radius 1 is 1.00 bits per heavy atom. The molecule has 4 rings (SSSR count). The molecule has 2 amide bonds. The van der Waals surface area contributed by atoms with Gasteiger partial charge in [-0.15, -0.1) is 0 Å². The Labute approximate surface area is 254 Å². The molecule has 1 fully saturated rings. The third kappa shape index (κ3) is 7.81. The number of halogens is 2. The van der Waals surface area contributed by atoms with Crippen LogP contribution in [0.1, 0.15) is 38.2 Å². The normalized spacial score (nSPS) is 14.3. The van der Waals surface area contributed by atoms with Gasteiger partial charge in [0.25, 0.3) is 10.0 Å². The fourth-order valence-corrected chi connectivity index (χ4v) is 6.58. The summed E-state index contributed by atoms with van der Waals surface area (Å²) < 4.78 is 34.9. The van der Waals surface area contributed by atoms with Gasteiger partial charge in [-0.3, -0.25) is 13.9 Å². The highest BCUT2D eigenvalue weighted by Crippen LogP contribution is 2.27. The summed E-state index contributed by atoms with van der Waals surface area (Å²) >= 11 is 9.50. The van der Waals surface area contributed by atoms with Crippen LogP contribution in [-0.4, -0.2) is 50.9 Å². The molecular formula is C30H33BrClN3O5S. The number of nitrogens with one attached hydrogen (secondary N) is 1. The first-order valence-corrected chi connectivity index (χ1v) is 16.0. The Morgan fingerprint density at radius 3 is 2.20 bits per heavy atom. The number of anilines is 1. The molecule has 0 saturated heterocycles. The number of carbonyl (C=O) groups is 2. The summed E-state index contributed by atoms with van der Waals surface area (Å²) in [6, 6.07) is 18.9. The molecule has 0 unspecified atom stereocenters. The van der Waals surface area contributed by atoms with Crippen LogP contribution < -0.4 is 14.4 Å². The van der Waals surface area contributed by atoms with E-state index in [9.17, 15) is 18.0 Å². The Morgan fingerprint density at radius 2 is 1.61 bits per heavy atom. The summed E-state index contributed by atoms with van der Waals surface area (Å²) in [5.41, 5.74) is 1.07. The minimum atomic E-state index is -4.18. The van der Waals surface area contributed by atoms with E-state index < -0.39 is 28.5 Å². The zero-order valence-corrected chi connectivity index (χ0v) is 26.1. The maximum absolute atomic E-state index is 14.0. The van der Waals surface area contributed by atoms with Gasteiger partial charge in [-0.2, -0.15) is 0 Å². The van der Waals surface area contributed by atoms with Gasteiger partial charge in [0.2, 0.25) is 11.8 Å². The van der Waals surface area contributed by atoms with E-state index in [4.69, 9.17) is 16.3 Å². The zero-order chi connectivity index (χ0) is 29.6. The van der Waals surface area contributed by atoms with Crippen LogP contribution in [0.4, 0.5) is 5.69 Å². The lowest BCUT2D eigenvalue weighted by molar-refractivity contribution is -0.139. The smallest absolute Gasteiger partial charge is 0.264 e. The Balaban J connectivity index is 1.67. The van der Waals surface area contributed by atoms with Crippen molar-refractivity contribution in [2.75, 3.05) is 18.0 Å². The second-order valence-electron chi connectivity index (χ2n) is 9.98. The zero-order valence-electron chi connectivity index (χ0n) is 22.9. The number of sulfonamides is 1. The van der Waals surface area contributed by atoms with Crippen molar-refractivity contribution in [2.24, 2.45) is 0 Å². The lowest BCUT2D eigenvalue weighted by atomic mass is 10.1. The van der Waals surface area contributed by atoms with Crippen molar-refractivity contribution in [3.05, 3.63) is 87.9 Å². The van der Waals surface area contributed by atoms with E-state index in [-0.39, 0.29) is 29.1 Å². The first-order chi connectivity index (χ1) is 19.6. The second kappa shape index (κ2) is 13.7. The highest BCUT2D eigenvalue weighted by molar-refractivity contribution is 9.10. The molecule has 1 N–H and O–H groups in total. The predicted octanol–water partition coefficient (Wildman–Crippen LogP) is 5.78. The summed E-state index contributed by atoms with van der Waals surface area (Å²) in [5.74, 6) is -0.284. The van der Waals surface area contributed by atoms with Crippen molar-refractivity contribution >= 4 is 55.1 Å². The van der Waals surface area contributed by atoms with Gasteiger partial charge in [0.05, 0.1) is 17.7 Å². The average Bonchev–Trinajstić information content (AvgIpc) is 3.48. The summed E-state index contributed by atoms with van der Waals surface area (Å²) in [6.45, 7) is 1.28. The van der Waals surface area contributed by atoms with Crippen molar-refractivity contribution in [1.29, 1.82) is 0 Å². The number of rotatable bonds is 11. The first kappa shape index (κ1) is 30.9. The molecule has 41 heavy (non-hydrogen) atoms. The van der Waals surface area contributed by atoms with Gasteiger partial charge in [0, 0.05) is 22.1 Å². The minimum Gasteiger partial charge on any atom is -0.497 e. The molecular weight excluding hydrogens is 630 g/mol. The van der Waals surface area contributed by atoms with Crippen molar-refractivity contribution in [2.45, 2.75) is 56.1 Å². The topological polar surface area (TPSA) is 96.0 Å². The van der Waals surface area contributed by atoms with Gasteiger partial charge in [-0.1, -0.05) is 52.5 Å². The molecule has 11 heteroatoms. The van der Waals surface area contributed by atoms with E-state index in [2.05, 4.69) is 21.2 Å². The molecule has 1 aliphatic carbocycles. The fourth-order valence-electron chi connectivity index (χ4n) is 4.77. The van der Waals surface area contributed by atoms with Crippen molar-refractivity contribution < 1.29 is 22.7 Å². The van der Waals surface area contributed by atoms with Gasteiger partial charge < -0.3 is 15.0 Å². The summed E-state index contributed by atoms with van der Waals surface area (Å²) in [4.78, 5) is 28.7. The molecule has 0 aromatic heterocycles. The molecule has 218 valence electrons. The number of ether oxygens (including phenoxy) is 1. The third-order valence-electron chi connectivity index (χ3n) is 7.18. The molecule has 3 aromatic rings. The van der Waals surface area contributed by atoms with Gasteiger partial charge in [-0.25, -0.2) is 8.42 Å². The van der Waals surface area contributed by atoms with Crippen LogP contribution in [0.3, 0.4) is 0 Å². The Kier molecular flexibility index (Phi) is 10.3.